The van der Waals surface area contributed by atoms with Gasteiger partial charge >= 0.3 is 0 Å². The second-order valence-electron chi connectivity index (χ2n) is 4.53. The highest BCUT2D eigenvalue weighted by Gasteiger charge is 2.13. The fraction of sp³-hybridized carbons (Fsp3) is 0.200. The molecule has 5 heteroatoms. The fourth-order valence-corrected chi connectivity index (χ4v) is 2.17. The lowest BCUT2D eigenvalue weighted by Crippen LogP contribution is -2.00. The fourth-order valence-electron chi connectivity index (χ4n) is 2.17. The molecule has 0 unspecified atom stereocenters. The molecule has 0 spiro atoms. The Morgan fingerprint density at radius 1 is 1.05 bits per heavy atom. The first-order chi connectivity index (χ1) is 9.79. The van der Waals surface area contributed by atoms with Crippen LogP contribution in [0.1, 0.15) is 12.3 Å². The van der Waals surface area contributed by atoms with Gasteiger partial charge in [-0.25, -0.2) is 4.39 Å². The van der Waals surface area contributed by atoms with Crippen LogP contribution in [-0.2, 0) is 6.42 Å². The van der Waals surface area contributed by atoms with Gasteiger partial charge in [0.05, 0.1) is 0 Å². The molecule has 0 aliphatic rings. The van der Waals surface area contributed by atoms with Crippen molar-refractivity contribution in [2.75, 3.05) is 6.54 Å². The minimum atomic E-state index is -0.257. The minimum absolute atomic E-state index is 0.257. The normalized spacial score (nSPS) is 11.1. The molecule has 20 heavy (non-hydrogen) atoms. The largest absolute Gasteiger partial charge is 0.421 e. The molecule has 0 atom stereocenters. The highest BCUT2D eigenvalue weighted by atomic mass is 19.1. The molecule has 1 aromatic heterocycles. The number of halogens is 1. The van der Waals surface area contributed by atoms with Crippen LogP contribution in [0.15, 0.2) is 40.8 Å². The summed E-state index contributed by atoms with van der Waals surface area (Å²) in [6.07, 6.45) is 1.45. The molecule has 4 nitrogen and oxygen atoms in total. The maximum atomic E-state index is 13.8. The summed E-state index contributed by atoms with van der Waals surface area (Å²) in [5.41, 5.74) is 6.20. The molecule has 0 aliphatic carbocycles. The van der Waals surface area contributed by atoms with E-state index in [2.05, 4.69) is 10.2 Å². The van der Waals surface area contributed by atoms with E-state index in [9.17, 15) is 4.39 Å². The van der Waals surface area contributed by atoms with Crippen molar-refractivity contribution in [3.05, 3.63) is 48.1 Å². The van der Waals surface area contributed by atoms with Crippen molar-refractivity contribution in [1.82, 2.24) is 10.2 Å². The van der Waals surface area contributed by atoms with E-state index in [-0.39, 0.29) is 5.82 Å². The molecule has 0 fully saturated rings. The molecule has 0 bridgehead atoms. The highest BCUT2D eigenvalue weighted by Crippen LogP contribution is 2.29. The lowest BCUT2D eigenvalue weighted by atomic mass is 10.0. The molecule has 1 heterocycles. The van der Waals surface area contributed by atoms with Crippen LogP contribution in [0.25, 0.3) is 22.2 Å². The average Bonchev–Trinajstić information content (AvgIpc) is 2.94. The van der Waals surface area contributed by atoms with Gasteiger partial charge in [-0.2, -0.15) is 0 Å². The summed E-state index contributed by atoms with van der Waals surface area (Å²) in [6, 6.07) is 10.3. The molecule has 0 saturated carbocycles. The molecular formula is C15H14FN3O. The molecule has 0 aliphatic heterocycles. The van der Waals surface area contributed by atoms with Gasteiger partial charge in [-0.1, -0.05) is 24.3 Å². The summed E-state index contributed by atoms with van der Waals surface area (Å²) >= 11 is 0. The lowest BCUT2D eigenvalue weighted by Gasteiger charge is -2.03. The van der Waals surface area contributed by atoms with Crippen LogP contribution >= 0.6 is 0 Å². The quantitative estimate of drug-likeness (QED) is 0.792. The monoisotopic (exact) mass is 271 g/mol. The SMILES string of the molecule is NCCCc1nnc(-c2ccc(F)c3ccccc23)o1. The average molecular weight is 271 g/mol. The van der Waals surface area contributed by atoms with E-state index in [1.807, 2.05) is 12.1 Å². The van der Waals surface area contributed by atoms with E-state index in [1.54, 1.807) is 18.2 Å². The van der Waals surface area contributed by atoms with Crippen molar-refractivity contribution in [1.29, 1.82) is 0 Å². The van der Waals surface area contributed by atoms with Crippen LogP contribution in [-0.4, -0.2) is 16.7 Å². The molecule has 2 N–H and O–H groups in total. The third-order valence-electron chi connectivity index (χ3n) is 3.16. The van der Waals surface area contributed by atoms with Gasteiger partial charge in [-0.3, -0.25) is 0 Å². The zero-order valence-corrected chi connectivity index (χ0v) is 10.8. The van der Waals surface area contributed by atoms with Gasteiger partial charge in [0.1, 0.15) is 5.82 Å². The number of hydrogen-bond acceptors (Lipinski definition) is 4. The maximum absolute atomic E-state index is 13.8. The van der Waals surface area contributed by atoms with Crippen LogP contribution in [0.4, 0.5) is 4.39 Å². The second kappa shape index (κ2) is 5.38. The Morgan fingerprint density at radius 2 is 1.85 bits per heavy atom. The van der Waals surface area contributed by atoms with Gasteiger partial charge in [0, 0.05) is 17.4 Å². The first-order valence-corrected chi connectivity index (χ1v) is 6.49. The first kappa shape index (κ1) is 12.7. The molecule has 0 radical (unpaired) electrons. The van der Waals surface area contributed by atoms with Crippen molar-refractivity contribution in [2.45, 2.75) is 12.8 Å². The summed E-state index contributed by atoms with van der Waals surface area (Å²) < 4.78 is 19.4. The standard InChI is InChI=1S/C15H14FN3O/c16-13-8-7-12(10-4-1-2-5-11(10)13)15-19-18-14(20-15)6-3-9-17/h1-2,4-5,7-8H,3,6,9,17H2. The zero-order valence-electron chi connectivity index (χ0n) is 10.8. The number of rotatable bonds is 4. The van der Waals surface area contributed by atoms with Crippen molar-refractivity contribution in [2.24, 2.45) is 5.73 Å². The predicted molar refractivity (Wildman–Crippen MR) is 74.6 cm³/mol. The van der Waals surface area contributed by atoms with Gasteiger partial charge < -0.3 is 10.2 Å². The number of aryl methyl sites for hydroxylation is 1. The van der Waals surface area contributed by atoms with Crippen LogP contribution < -0.4 is 5.73 Å². The van der Waals surface area contributed by atoms with E-state index >= 15 is 0 Å². The predicted octanol–water partition coefficient (Wildman–Crippen LogP) is 2.92. The summed E-state index contributed by atoms with van der Waals surface area (Å²) in [6.45, 7) is 0.581. The number of fused-ring (bicyclic) bond motifs is 1. The van der Waals surface area contributed by atoms with Gasteiger partial charge in [-0.15, -0.1) is 10.2 Å². The van der Waals surface area contributed by atoms with Crippen LogP contribution in [0.2, 0.25) is 0 Å². The Hall–Kier alpha value is -2.27. The third kappa shape index (κ3) is 2.28. The topological polar surface area (TPSA) is 64.9 Å². The van der Waals surface area contributed by atoms with Crippen molar-refractivity contribution in [3.63, 3.8) is 0 Å². The van der Waals surface area contributed by atoms with Gasteiger partial charge in [-0.05, 0) is 30.5 Å². The van der Waals surface area contributed by atoms with E-state index < -0.39 is 0 Å². The molecule has 3 aromatic rings. The Kier molecular flexibility index (Phi) is 3.43. The van der Waals surface area contributed by atoms with Crippen molar-refractivity contribution in [3.8, 4) is 11.5 Å². The van der Waals surface area contributed by atoms with E-state index in [1.165, 1.54) is 6.07 Å². The van der Waals surface area contributed by atoms with E-state index in [0.29, 0.717) is 30.1 Å². The van der Waals surface area contributed by atoms with Gasteiger partial charge in [0.25, 0.3) is 0 Å². The summed E-state index contributed by atoms with van der Waals surface area (Å²) in [4.78, 5) is 0. The van der Waals surface area contributed by atoms with Crippen LogP contribution in [0.5, 0.6) is 0 Å². The molecule has 2 aromatic carbocycles. The number of nitrogens with two attached hydrogens (primary N) is 1. The second-order valence-corrected chi connectivity index (χ2v) is 4.53. The minimum Gasteiger partial charge on any atom is -0.421 e. The number of aromatic nitrogens is 2. The van der Waals surface area contributed by atoms with Gasteiger partial charge in [0.2, 0.25) is 11.8 Å². The number of benzene rings is 2. The smallest absolute Gasteiger partial charge is 0.248 e. The van der Waals surface area contributed by atoms with Crippen molar-refractivity contribution < 1.29 is 8.81 Å². The van der Waals surface area contributed by atoms with Crippen molar-refractivity contribution >= 4 is 10.8 Å². The molecule has 0 saturated heterocycles. The lowest BCUT2D eigenvalue weighted by molar-refractivity contribution is 0.499. The van der Waals surface area contributed by atoms with E-state index in [0.717, 1.165) is 17.4 Å². The Bertz CT molecular complexity index is 739. The first-order valence-electron chi connectivity index (χ1n) is 6.49. The van der Waals surface area contributed by atoms with E-state index in [4.69, 9.17) is 10.2 Å². The van der Waals surface area contributed by atoms with Gasteiger partial charge in [0.15, 0.2) is 0 Å². The number of hydrogen-bond donors (Lipinski definition) is 1. The zero-order chi connectivity index (χ0) is 13.9. The Balaban J connectivity index is 2.06. The Morgan fingerprint density at radius 3 is 2.65 bits per heavy atom. The van der Waals surface area contributed by atoms with Crippen LogP contribution in [0, 0.1) is 5.82 Å². The highest BCUT2D eigenvalue weighted by molar-refractivity contribution is 5.95. The van der Waals surface area contributed by atoms with Crippen LogP contribution in [0.3, 0.4) is 0 Å². The molecule has 3 rings (SSSR count). The Labute approximate surface area is 115 Å². The third-order valence-corrected chi connectivity index (χ3v) is 3.16. The summed E-state index contributed by atoms with van der Waals surface area (Å²) in [7, 11) is 0. The summed E-state index contributed by atoms with van der Waals surface area (Å²) in [5.74, 6) is 0.708. The number of nitrogens with zero attached hydrogens (tertiary/aromatic N) is 2. The maximum Gasteiger partial charge on any atom is 0.248 e. The molecular weight excluding hydrogens is 257 g/mol. The molecule has 0 amide bonds. The summed E-state index contributed by atoms with van der Waals surface area (Å²) in [5, 5.41) is 9.35. The molecule has 102 valence electrons.